The number of benzene rings is 2. The highest BCUT2D eigenvalue weighted by Gasteiger charge is 2.12. The molecule has 4 nitrogen and oxygen atoms in total. The van der Waals surface area contributed by atoms with Crippen molar-refractivity contribution in [1.29, 1.82) is 0 Å². The molecule has 2 rings (SSSR count). The second kappa shape index (κ2) is 8.64. The number of hydrogen-bond donors (Lipinski definition) is 0. The van der Waals surface area contributed by atoms with Gasteiger partial charge in [0.2, 0.25) is 0 Å². The van der Waals surface area contributed by atoms with E-state index in [1.807, 2.05) is 38.1 Å². The number of esters is 1. The quantitative estimate of drug-likeness (QED) is 0.574. The summed E-state index contributed by atoms with van der Waals surface area (Å²) in [5, 5.41) is 0. The fraction of sp³-hybridized carbons (Fsp3) is 0.250. The molecule has 0 aliphatic heterocycles. The van der Waals surface area contributed by atoms with Gasteiger partial charge in [0.05, 0.1) is 12.2 Å². The number of hydrogen-bond acceptors (Lipinski definition) is 4. The zero-order valence-corrected chi connectivity index (χ0v) is 13.9. The Hall–Kier alpha value is -2.93. The maximum Gasteiger partial charge on any atom is 0.339 e. The van der Waals surface area contributed by atoms with Gasteiger partial charge in [-0.25, -0.2) is 4.79 Å². The Balaban J connectivity index is 2.12. The van der Waals surface area contributed by atoms with Crippen LogP contribution in [0.4, 0.5) is 0 Å². The Morgan fingerprint density at radius 3 is 2.50 bits per heavy atom. The van der Waals surface area contributed by atoms with Crippen molar-refractivity contribution < 1.29 is 19.0 Å². The van der Waals surface area contributed by atoms with E-state index in [0.717, 1.165) is 5.56 Å². The van der Waals surface area contributed by atoms with E-state index < -0.39 is 5.97 Å². The van der Waals surface area contributed by atoms with E-state index in [9.17, 15) is 4.79 Å². The third kappa shape index (κ3) is 4.79. The number of ether oxygens (including phenoxy) is 3. The minimum Gasteiger partial charge on any atom is -0.490 e. The van der Waals surface area contributed by atoms with Gasteiger partial charge in [-0.2, -0.15) is 0 Å². The highest BCUT2D eigenvalue weighted by atomic mass is 16.5. The molecule has 0 N–H and O–H groups in total. The van der Waals surface area contributed by atoms with Crippen molar-refractivity contribution in [2.24, 2.45) is 0 Å². The molecule has 0 unspecified atom stereocenters. The average Bonchev–Trinajstić information content (AvgIpc) is 2.60. The SMILES string of the molecule is C#CCOC(=O)c1ccc(OCc2ccc(C)cc2)c(OCC)c1. The van der Waals surface area contributed by atoms with Crippen LogP contribution >= 0.6 is 0 Å². The molecule has 0 aliphatic rings. The van der Waals surface area contributed by atoms with Crippen LogP contribution in [-0.4, -0.2) is 19.2 Å². The van der Waals surface area contributed by atoms with E-state index in [0.29, 0.717) is 30.3 Å². The highest BCUT2D eigenvalue weighted by Crippen LogP contribution is 2.29. The van der Waals surface area contributed by atoms with Crippen molar-refractivity contribution in [3.05, 3.63) is 59.2 Å². The first-order chi connectivity index (χ1) is 11.6. The van der Waals surface area contributed by atoms with Crippen LogP contribution in [-0.2, 0) is 11.3 Å². The first kappa shape index (κ1) is 17.4. The molecule has 0 atom stereocenters. The minimum atomic E-state index is -0.487. The van der Waals surface area contributed by atoms with Gasteiger partial charge in [-0.05, 0) is 37.6 Å². The molecule has 0 heterocycles. The van der Waals surface area contributed by atoms with Gasteiger partial charge in [0.25, 0.3) is 0 Å². The smallest absolute Gasteiger partial charge is 0.339 e. The lowest BCUT2D eigenvalue weighted by molar-refractivity contribution is 0.0556. The third-order valence-electron chi connectivity index (χ3n) is 3.28. The molecule has 24 heavy (non-hydrogen) atoms. The lowest BCUT2D eigenvalue weighted by Gasteiger charge is -2.13. The van der Waals surface area contributed by atoms with Crippen LogP contribution in [0.3, 0.4) is 0 Å². The van der Waals surface area contributed by atoms with Crippen LogP contribution in [0.15, 0.2) is 42.5 Å². The van der Waals surface area contributed by atoms with Crippen LogP contribution in [0.5, 0.6) is 11.5 Å². The van der Waals surface area contributed by atoms with E-state index >= 15 is 0 Å². The largest absolute Gasteiger partial charge is 0.490 e. The normalized spacial score (nSPS) is 9.88. The van der Waals surface area contributed by atoms with Gasteiger partial charge in [0, 0.05) is 0 Å². The van der Waals surface area contributed by atoms with Gasteiger partial charge >= 0.3 is 5.97 Å². The third-order valence-corrected chi connectivity index (χ3v) is 3.28. The molecule has 4 heteroatoms. The average molecular weight is 324 g/mol. The second-order valence-electron chi connectivity index (χ2n) is 5.15. The summed E-state index contributed by atoms with van der Waals surface area (Å²) in [6, 6.07) is 13.0. The molecule has 0 aromatic heterocycles. The van der Waals surface area contributed by atoms with Gasteiger partial charge in [0.15, 0.2) is 18.1 Å². The number of carbonyl (C=O) groups is 1. The van der Waals surface area contributed by atoms with Gasteiger partial charge in [-0.1, -0.05) is 35.7 Å². The van der Waals surface area contributed by atoms with Gasteiger partial charge < -0.3 is 14.2 Å². The summed E-state index contributed by atoms with van der Waals surface area (Å²) < 4.78 is 16.3. The van der Waals surface area contributed by atoms with Crippen LogP contribution < -0.4 is 9.47 Å². The molecule has 0 amide bonds. The second-order valence-corrected chi connectivity index (χ2v) is 5.15. The van der Waals surface area contributed by atoms with Gasteiger partial charge in [-0.3, -0.25) is 0 Å². The number of rotatable bonds is 7. The predicted octanol–water partition coefficient (Wildman–Crippen LogP) is 3.76. The standard InChI is InChI=1S/C20H20O4/c1-4-12-23-20(21)17-10-11-18(19(13-17)22-5-2)24-14-16-8-6-15(3)7-9-16/h1,6-11,13H,5,12,14H2,2-3H3. The van der Waals surface area contributed by atoms with Crippen molar-refractivity contribution in [2.45, 2.75) is 20.5 Å². The number of carbonyl (C=O) groups excluding carboxylic acids is 1. The van der Waals surface area contributed by atoms with E-state index in [1.165, 1.54) is 5.56 Å². The minimum absolute atomic E-state index is 0.0610. The molecule has 0 bridgehead atoms. The summed E-state index contributed by atoms with van der Waals surface area (Å²) >= 11 is 0. The van der Waals surface area contributed by atoms with Crippen molar-refractivity contribution in [3.8, 4) is 23.8 Å². The Kier molecular flexibility index (Phi) is 6.27. The zero-order valence-electron chi connectivity index (χ0n) is 13.9. The summed E-state index contributed by atoms with van der Waals surface area (Å²) in [6.45, 7) is 4.72. The predicted molar refractivity (Wildman–Crippen MR) is 92.2 cm³/mol. The number of terminal acetylenes is 1. The molecular formula is C20H20O4. The molecule has 0 fully saturated rings. The van der Waals surface area contributed by atoms with E-state index in [1.54, 1.807) is 18.2 Å². The first-order valence-corrected chi connectivity index (χ1v) is 7.69. The van der Waals surface area contributed by atoms with Crippen LogP contribution in [0.25, 0.3) is 0 Å². The van der Waals surface area contributed by atoms with Crippen LogP contribution in [0.1, 0.15) is 28.4 Å². The molecule has 0 spiro atoms. The fourth-order valence-corrected chi connectivity index (χ4v) is 2.06. The lowest BCUT2D eigenvalue weighted by Crippen LogP contribution is -2.07. The van der Waals surface area contributed by atoms with Crippen molar-refractivity contribution in [1.82, 2.24) is 0 Å². The Bertz CT molecular complexity index is 726. The maximum absolute atomic E-state index is 11.9. The lowest BCUT2D eigenvalue weighted by atomic mass is 10.1. The first-order valence-electron chi connectivity index (χ1n) is 7.69. The Labute approximate surface area is 142 Å². The summed E-state index contributed by atoms with van der Waals surface area (Å²) in [5.41, 5.74) is 2.63. The summed E-state index contributed by atoms with van der Waals surface area (Å²) in [6.07, 6.45) is 5.09. The van der Waals surface area contributed by atoms with Crippen LogP contribution in [0, 0.1) is 19.3 Å². The van der Waals surface area contributed by atoms with E-state index in [4.69, 9.17) is 20.6 Å². The Morgan fingerprint density at radius 1 is 1.08 bits per heavy atom. The van der Waals surface area contributed by atoms with Gasteiger partial charge in [-0.15, -0.1) is 6.42 Å². The summed E-state index contributed by atoms with van der Waals surface area (Å²) in [5.74, 6) is 2.85. The summed E-state index contributed by atoms with van der Waals surface area (Å²) in [4.78, 5) is 11.9. The molecular weight excluding hydrogens is 304 g/mol. The number of aryl methyl sites for hydroxylation is 1. The van der Waals surface area contributed by atoms with Gasteiger partial charge in [0.1, 0.15) is 6.61 Å². The monoisotopic (exact) mass is 324 g/mol. The molecule has 2 aromatic carbocycles. The van der Waals surface area contributed by atoms with Crippen molar-refractivity contribution in [3.63, 3.8) is 0 Å². The molecule has 124 valence electrons. The topological polar surface area (TPSA) is 44.8 Å². The van der Waals surface area contributed by atoms with Crippen molar-refractivity contribution in [2.75, 3.05) is 13.2 Å². The molecule has 0 radical (unpaired) electrons. The van der Waals surface area contributed by atoms with Crippen molar-refractivity contribution >= 4 is 5.97 Å². The molecule has 0 saturated heterocycles. The molecule has 0 saturated carbocycles. The van der Waals surface area contributed by atoms with Crippen LogP contribution in [0.2, 0.25) is 0 Å². The van der Waals surface area contributed by atoms with E-state index in [2.05, 4.69) is 5.92 Å². The maximum atomic E-state index is 11.9. The molecule has 0 aliphatic carbocycles. The highest BCUT2D eigenvalue weighted by molar-refractivity contribution is 5.90. The zero-order chi connectivity index (χ0) is 17.4. The van der Waals surface area contributed by atoms with E-state index in [-0.39, 0.29) is 6.61 Å². The fourth-order valence-electron chi connectivity index (χ4n) is 2.06. The Morgan fingerprint density at radius 2 is 1.83 bits per heavy atom. The summed E-state index contributed by atoms with van der Waals surface area (Å²) in [7, 11) is 0. The molecule has 2 aromatic rings.